The number of hydrogen-bond acceptors (Lipinski definition) is 3. The lowest BCUT2D eigenvalue weighted by atomic mass is 10.1. The van der Waals surface area contributed by atoms with Crippen molar-refractivity contribution in [2.24, 2.45) is 0 Å². The fraction of sp³-hybridized carbons (Fsp3) is 0.188. The molecule has 21 heavy (non-hydrogen) atoms. The van der Waals surface area contributed by atoms with Crippen molar-refractivity contribution in [3.05, 3.63) is 64.7 Å². The average molecular weight is 291 g/mol. The average Bonchev–Trinajstić information content (AvgIpc) is 2.49. The number of methoxy groups -OCH3 is 1. The quantitative estimate of drug-likeness (QED) is 0.873. The van der Waals surface area contributed by atoms with Gasteiger partial charge in [0.15, 0.2) is 0 Å². The number of ether oxygens (including phenoxy) is 1. The third-order valence-electron chi connectivity index (χ3n) is 3.11. The molecule has 0 spiro atoms. The predicted octanol–water partition coefficient (Wildman–Crippen LogP) is 3.67. The van der Waals surface area contributed by atoms with Gasteiger partial charge in [-0.15, -0.1) is 0 Å². The summed E-state index contributed by atoms with van der Waals surface area (Å²) in [6.07, 6.45) is 0. The van der Waals surface area contributed by atoms with E-state index < -0.39 is 17.6 Å². The molecule has 0 aromatic heterocycles. The first-order chi connectivity index (χ1) is 10.0. The molecule has 0 aliphatic rings. The summed E-state index contributed by atoms with van der Waals surface area (Å²) >= 11 is 0. The fourth-order valence-corrected chi connectivity index (χ4v) is 1.86. The summed E-state index contributed by atoms with van der Waals surface area (Å²) in [5.41, 5.74) is 1.65. The minimum absolute atomic E-state index is 0.107. The van der Waals surface area contributed by atoms with Gasteiger partial charge in [-0.05, 0) is 36.2 Å². The number of carbonyl (C=O) groups excluding carboxylic acids is 1. The van der Waals surface area contributed by atoms with Gasteiger partial charge in [0.1, 0.15) is 11.6 Å². The molecule has 1 N–H and O–H groups in total. The van der Waals surface area contributed by atoms with Crippen molar-refractivity contribution < 1.29 is 18.3 Å². The van der Waals surface area contributed by atoms with E-state index in [2.05, 4.69) is 10.1 Å². The molecule has 2 aromatic carbocycles. The fourth-order valence-electron chi connectivity index (χ4n) is 1.86. The highest BCUT2D eigenvalue weighted by molar-refractivity contribution is 5.89. The van der Waals surface area contributed by atoms with Crippen molar-refractivity contribution in [3.8, 4) is 0 Å². The van der Waals surface area contributed by atoms with Gasteiger partial charge in [0, 0.05) is 12.6 Å². The maximum atomic E-state index is 13.7. The van der Waals surface area contributed by atoms with Crippen LogP contribution in [0.25, 0.3) is 0 Å². The molecule has 5 heteroatoms. The van der Waals surface area contributed by atoms with Crippen LogP contribution in [0.1, 0.15) is 21.5 Å². The molecular weight excluding hydrogens is 276 g/mol. The summed E-state index contributed by atoms with van der Waals surface area (Å²) < 4.78 is 31.7. The van der Waals surface area contributed by atoms with E-state index in [0.717, 1.165) is 17.7 Å². The summed E-state index contributed by atoms with van der Waals surface area (Å²) in [5, 5.41) is 2.83. The van der Waals surface area contributed by atoms with Crippen LogP contribution in [0, 0.1) is 18.6 Å². The number of benzene rings is 2. The Labute approximate surface area is 121 Å². The second-order valence-corrected chi connectivity index (χ2v) is 4.62. The number of carbonyl (C=O) groups is 1. The van der Waals surface area contributed by atoms with Crippen LogP contribution < -0.4 is 5.32 Å². The molecular formula is C16H15F2NO2. The normalized spacial score (nSPS) is 10.3. The second-order valence-electron chi connectivity index (χ2n) is 4.62. The molecule has 2 rings (SSSR count). The Morgan fingerprint density at radius 3 is 2.43 bits per heavy atom. The highest BCUT2D eigenvalue weighted by Gasteiger charge is 2.08. The van der Waals surface area contributed by atoms with Crippen molar-refractivity contribution in [3.63, 3.8) is 0 Å². The van der Waals surface area contributed by atoms with Crippen LogP contribution in [-0.4, -0.2) is 13.1 Å². The molecule has 2 aromatic rings. The van der Waals surface area contributed by atoms with E-state index in [9.17, 15) is 13.6 Å². The van der Waals surface area contributed by atoms with Crippen LogP contribution in [0.3, 0.4) is 0 Å². The summed E-state index contributed by atoms with van der Waals surface area (Å²) in [7, 11) is 1.31. The Bertz CT molecular complexity index is 654. The zero-order valence-corrected chi connectivity index (χ0v) is 11.7. The lowest BCUT2D eigenvalue weighted by molar-refractivity contribution is 0.0600. The van der Waals surface area contributed by atoms with E-state index in [1.54, 1.807) is 24.3 Å². The molecule has 0 aliphatic carbocycles. The lowest BCUT2D eigenvalue weighted by Crippen LogP contribution is -2.04. The minimum atomic E-state index is -0.500. The molecule has 0 amide bonds. The molecule has 0 bridgehead atoms. The standard InChI is InChI=1S/C16H15F2NO2/c1-10-7-14(18)15(8-13(10)17)19-9-11-3-5-12(6-4-11)16(20)21-2/h3-8,19H,9H2,1-2H3. The molecule has 0 unspecified atom stereocenters. The van der Waals surface area contributed by atoms with Crippen molar-refractivity contribution in [2.45, 2.75) is 13.5 Å². The Balaban J connectivity index is 2.06. The van der Waals surface area contributed by atoms with Crippen LogP contribution in [0.5, 0.6) is 0 Å². The molecule has 0 radical (unpaired) electrons. The van der Waals surface area contributed by atoms with Crippen molar-refractivity contribution in [1.29, 1.82) is 0 Å². The maximum absolute atomic E-state index is 13.7. The first kappa shape index (κ1) is 15.0. The molecule has 0 saturated heterocycles. The third-order valence-corrected chi connectivity index (χ3v) is 3.11. The second kappa shape index (κ2) is 6.35. The topological polar surface area (TPSA) is 38.3 Å². The van der Waals surface area contributed by atoms with E-state index in [1.807, 2.05) is 0 Å². The summed E-state index contributed by atoms with van der Waals surface area (Å²) in [4.78, 5) is 11.3. The van der Waals surface area contributed by atoms with Crippen LogP contribution >= 0.6 is 0 Å². The van der Waals surface area contributed by atoms with Crippen molar-refractivity contribution >= 4 is 11.7 Å². The third kappa shape index (κ3) is 3.56. The molecule has 0 saturated carbocycles. The number of esters is 1. The van der Waals surface area contributed by atoms with Gasteiger partial charge >= 0.3 is 5.97 Å². The first-order valence-corrected chi connectivity index (χ1v) is 6.38. The van der Waals surface area contributed by atoms with Gasteiger partial charge in [0.05, 0.1) is 18.4 Å². The Morgan fingerprint density at radius 1 is 1.14 bits per heavy atom. The van der Waals surface area contributed by atoms with Gasteiger partial charge in [-0.3, -0.25) is 0 Å². The largest absolute Gasteiger partial charge is 0.465 e. The number of halogens is 2. The van der Waals surface area contributed by atoms with E-state index in [-0.39, 0.29) is 11.3 Å². The molecule has 110 valence electrons. The van der Waals surface area contributed by atoms with E-state index in [1.165, 1.54) is 14.0 Å². The van der Waals surface area contributed by atoms with E-state index in [0.29, 0.717) is 12.1 Å². The van der Waals surface area contributed by atoms with Crippen LogP contribution in [-0.2, 0) is 11.3 Å². The number of anilines is 1. The summed E-state index contributed by atoms with van der Waals surface area (Å²) in [6, 6.07) is 8.97. The number of hydrogen-bond donors (Lipinski definition) is 1. The molecule has 0 atom stereocenters. The van der Waals surface area contributed by atoms with Gasteiger partial charge in [-0.1, -0.05) is 12.1 Å². The monoisotopic (exact) mass is 291 g/mol. The van der Waals surface area contributed by atoms with Gasteiger partial charge in [-0.2, -0.15) is 0 Å². The van der Waals surface area contributed by atoms with Gasteiger partial charge < -0.3 is 10.1 Å². The summed E-state index contributed by atoms with van der Waals surface area (Å²) in [6.45, 7) is 1.83. The number of rotatable bonds is 4. The molecule has 3 nitrogen and oxygen atoms in total. The maximum Gasteiger partial charge on any atom is 0.337 e. The van der Waals surface area contributed by atoms with Gasteiger partial charge in [-0.25, -0.2) is 13.6 Å². The zero-order valence-electron chi connectivity index (χ0n) is 11.7. The first-order valence-electron chi connectivity index (χ1n) is 6.38. The van der Waals surface area contributed by atoms with Crippen LogP contribution in [0.2, 0.25) is 0 Å². The molecule has 0 heterocycles. The Kier molecular flexibility index (Phi) is 4.52. The minimum Gasteiger partial charge on any atom is -0.465 e. The lowest BCUT2D eigenvalue weighted by Gasteiger charge is -2.09. The van der Waals surface area contributed by atoms with E-state index >= 15 is 0 Å². The highest BCUT2D eigenvalue weighted by Crippen LogP contribution is 2.19. The molecule has 0 aliphatic heterocycles. The van der Waals surface area contributed by atoms with Crippen LogP contribution in [0.4, 0.5) is 14.5 Å². The Hall–Kier alpha value is -2.43. The van der Waals surface area contributed by atoms with Crippen molar-refractivity contribution in [2.75, 3.05) is 12.4 Å². The highest BCUT2D eigenvalue weighted by atomic mass is 19.1. The summed E-state index contributed by atoms with van der Waals surface area (Å²) in [5.74, 6) is -1.37. The van der Waals surface area contributed by atoms with Crippen molar-refractivity contribution in [1.82, 2.24) is 0 Å². The number of nitrogens with one attached hydrogen (secondary N) is 1. The zero-order chi connectivity index (χ0) is 15.4. The van der Waals surface area contributed by atoms with E-state index in [4.69, 9.17) is 0 Å². The van der Waals surface area contributed by atoms with Gasteiger partial charge in [0.25, 0.3) is 0 Å². The van der Waals surface area contributed by atoms with Crippen LogP contribution in [0.15, 0.2) is 36.4 Å². The smallest absolute Gasteiger partial charge is 0.337 e. The number of aryl methyl sites for hydroxylation is 1. The Morgan fingerprint density at radius 2 is 1.81 bits per heavy atom. The predicted molar refractivity (Wildman–Crippen MR) is 76.2 cm³/mol. The van der Waals surface area contributed by atoms with Gasteiger partial charge in [0.2, 0.25) is 0 Å². The molecule has 0 fully saturated rings. The SMILES string of the molecule is COC(=O)c1ccc(CNc2cc(F)c(C)cc2F)cc1.